The summed E-state index contributed by atoms with van der Waals surface area (Å²) in [5.41, 5.74) is -0.250. The maximum atomic E-state index is 13.3. The Morgan fingerprint density at radius 3 is 2.31 bits per heavy atom. The van der Waals surface area contributed by atoms with E-state index in [1.807, 2.05) is 0 Å². The van der Waals surface area contributed by atoms with Gasteiger partial charge in [-0.25, -0.2) is 13.4 Å². The normalized spacial score (nSPS) is 13.2. The Bertz CT molecular complexity index is 925. The molecule has 2 aromatic rings. The molecule has 0 aromatic carbocycles. The molecule has 0 N–H and O–H groups in total. The number of alkyl halides is 5. The SMILES string of the molecule is CCS(=O)(=O)c1cc(Br)cnc1-c1ncn(CC(F)(F)C(F)(F)F)c1C. The third kappa shape index (κ3) is 3.90. The summed E-state index contributed by atoms with van der Waals surface area (Å²) < 4.78 is 89.3. The maximum Gasteiger partial charge on any atom is 0.455 e. The lowest BCUT2D eigenvalue weighted by Crippen LogP contribution is -2.40. The largest absolute Gasteiger partial charge is 0.455 e. The fourth-order valence-corrected chi connectivity index (χ4v) is 3.67. The summed E-state index contributed by atoms with van der Waals surface area (Å²) in [7, 11) is -3.74. The average molecular weight is 462 g/mol. The zero-order chi connectivity index (χ0) is 19.9. The summed E-state index contributed by atoms with van der Waals surface area (Å²) in [6.45, 7) is 1.01. The van der Waals surface area contributed by atoms with Gasteiger partial charge in [-0.05, 0) is 28.9 Å². The Balaban J connectivity index is 2.56. The van der Waals surface area contributed by atoms with Gasteiger partial charge in [0.1, 0.15) is 11.4 Å². The fraction of sp³-hybridized carbons (Fsp3) is 0.429. The number of hydrogen-bond donors (Lipinski definition) is 0. The number of sulfone groups is 1. The summed E-state index contributed by atoms with van der Waals surface area (Å²) in [5, 5.41) is 0. The first-order valence-electron chi connectivity index (χ1n) is 7.15. The van der Waals surface area contributed by atoms with Crippen LogP contribution in [0.25, 0.3) is 11.4 Å². The molecule has 0 saturated carbocycles. The van der Waals surface area contributed by atoms with Gasteiger partial charge in [0.2, 0.25) is 0 Å². The standard InChI is InChI=1S/C14H13BrF5N3O2S/c1-3-26(24,25)10-4-9(15)5-21-12(10)11-8(2)23(7-22-11)6-13(16,17)14(18,19)20/h4-5,7H,3,6H2,1-2H3. The van der Waals surface area contributed by atoms with Gasteiger partial charge in [-0.3, -0.25) is 4.98 Å². The van der Waals surface area contributed by atoms with E-state index in [-0.39, 0.29) is 27.7 Å². The lowest BCUT2D eigenvalue weighted by atomic mass is 10.2. The topological polar surface area (TPSA) is 64.8 Å². The lowest BCUT2D eigenvalue weighted by Gasteiger charge is -2.20. The van der Waals surface area contributed by atoms with Crippen molar-refractivity contribution in [2.45, 2.75) is 37.4 Å². The molecule has 5 nitrogen and oxygen atoms in total. The lowest BCUT2D eigenvalue weighted by molar-refractivity contribution is -0.286. The van der Waals surface area contributed by atoms with Crippen LogP contribution in [0.4, 0.5) is 22.0 Å². The molecule has 12 heteroatoms. The second kappa shape index (κ2) is 6.87. The fourth-order valence-electron chi connectivity index (χ4n) is 2.13. The summed E-state index contributed by atoms with van der Waals surface area (Å²) in [4.78, 5) is 7.59. The van der Waals surface area contributed by atoms with Crippen LogP contribution in [-0.4, -0.2) is 40.8 Å². The van der Waals surface area contributed by atoms with Crippen LogP contribution in [0.5, 0.6) is 0 Å². The molecule has 0 atom stereocenters. The van der Waals surface area contributed by atoms with Crippen molar-refractivity contribution < 1.29 is 30.4 Å². The van der Waals surface area contributed by atoms with Crippen LogP contribution in [0, 0.1) is 6.92 Å². The number of pyridine rings is 1. The molecule has 0 amide bonds. The van der Waals surface area contributed by atoms with Gasteiger partial charge in [0.05, 0.1) is 23.5 Å². The summed E-state index contributed by atoms with van der Waals surface area (Å²) >= 11 is 3.10. The minimum absolute atomic E-state index is 0.0590. The monoisotopic (exact) mass is 461 g/mol. The summed E-state index contributed by atoms with van der Waals surface area (Å²) in [6, 6.07) is 1.28. The molecular formula is C14H13BrF5N3O2S. The highest BCUT2D eigenvalue weighted by atomic mass is 79.9. The van der Waals surface area contributed by atoms with Gasteiger partial charge in [-0.15, -0.1) is 0 Å². The Hall–Kier alpha value is -1.56. The van der Waals surface area contributed by atoms with E-state index in [1.165, 1.54) is 26.1 Å². The smallest absolute Gasteiger partial charge is 0.328 e. The molecule has 2 aromatic heterocycles. The molecule has 26 heavy (non-hydrogen) atoms. The molecule has 0 unspecified atom stereocenters. The van der Waals surface area contributed by atoms with Gasteiger partial charge < -0.3 is 4.57 Å². The third-order valence-corrected chi connectivity index (χ3v) is 5.82. The quantitative estimate of drug-likeness (QED) is 0.631. The first-order valence-corrected chi connectivity index (χ1v) is 9.59. The van der Waals surface area contributed by atoms with Crippen molar-refractivity contribution >= 4 is 25.8 Å². The number of hydrogen-bond acceptors (Lipinski definition) is 4. The van der Waals surface area contributed by atoms with Crippen molar-refractivity contribution in [2.75, 3.05) is 5.75 Å². The Kier molecular flexibility index (Phi) is 5.48. The molecule has 0 saturated heterocycles. The average Bonchev–Trinajstić information content (AvgIpc) is 2.86. The van der Waals surface area contributed by atoms with Crippen LogP contribution in [0.1, 0.15) is 12.6 Å². The number of aromatic nitrogens is 3. The molecule has 144 valence electrons. The first kappa shape index (κ1) is 20.7. The van der Waals surface area contributed by atoms with Crippen molar-refractivity contribution in [2.24, 2.45) is 0 Å². The van der Waals surface area contributed by atoms with Crippen LogP contribution in [-0.2, 0) is 16.4 Å². The van der Waals surface area contributed by atoms with Crippen LogP contribution in [0.3, 0.4) is 0 Å². The van der Waals surface area contributed by atoms with Crippen LogP contribution in [0.2, 0.25) is 0 Å². The van der Waals surface area contributed by atoms with Gasteiger partial charge in [0, 0.05) is 16.4 Å². The van der Waals surface area contributed by atoms with Gasteiger partial charge >= 0.3 is 12.1 Å². The van der Waals surface area contributed by atoms with Crippen molar-refractivity contribution in [3.8, 4) is 11.4 Å². The van der Waals surface area contributed by atoms with E-state index in [9.17, 15) is 30.4 Å². The summed E-state index contributed by atoms with van der Waals surface area (Å²) in [6.07, 6.45) is -3.63. The highest BCUT2D eigenvalue weighted by Gasteiger charge is 2.57. The number of halogens is 6. The second-order valence-electron chi connectivity index (χ2n) is 5.41. The molecule has 0 fully saturated rings. The van der Waals surface area contributed by atoms with Gasteiger partial charge in [0.15, 0.2) is 9.84 Å². The molecule has 0 bridgehead atoms. The molecule has 2 heterocycles. The minimum atomic E-state index is -5.71. The van der Waals surface area contributed by atoms with E-state index in [0.29, 0.717) is 9.04 Å². The van der Waals surface area contributed by atoms with Gasteiger partial charge in [-0.2, -0.15) is 22.0 Å². The van der Waals surface area contributed by atoms with E-state index in [2.05, 4.69) is 25.9 Å². The van der Waals surface area contributed by atoms with Crippen molar-refractivity contribution in [1.82, 2.24) is 14.5 Å². The molecule has 0 spiro atoms. The second-order valence-corrected chi connectivity index (χ2v) is 8.57. The van der Waals surface area contributed by atoms with Crippen molar-refractivity contribution in [1.29, 1.82) is 0 Å². The van der Waals surface area contributed by atoms with E-state index in [1.54, 1.807) is 0 Å². The first-order chi connectivity index (χ1) is 11.8. The van der Waals surface area contributed by atoms with Crippen LogP contribution < -0.4 is 0 Å². The minimum Gasteiger partial charge on any atom is -0.328 e. The Labute approximate surface area is 154 Å². The predicted octanol–water partition coefficient (Wildman–Crippen LogP) is 4.01. The Morgan fingerprint density at radius 1 is 1.15 bits per heavy atom. The molecule has 0 radical (unpaired) electrons. The number of nitrogens with zero attached hydrogens (tertiary/aromatic N) is 3. The molecule has 0 aliphatic carbocycles. The highest BCUT2D eigenvalue weighted by Crippen LogP contribution is 2.38. The molecule has 2 rings (SSSR count). The Morgan fingerprint density at radius 2 is 1.77 bits per heavy atom. The molecular weight excluding hydrogens is 449 g/mol. The van der Waals surface area contributed by atoms with Crippen LogP contribution in [0.15, 0.2) is 28.0 Å². The van der Waals surface area contributed by atoms with Gasteiger partial charge in [0.25, 0.3) is 0 Å². The van der Waals surface area contributed by atoms with E-state index in [4.69, 9.17) is 0 Å². The van der Waals surface area contributed by atoms with Crippen molar-refractivity contribution in [3.63, 3.8) is 0 Å². The highest BCUT2D eigenvalue weighted by molar-refractivity contribution is 9.10. The molecule has 0 aliphatic heterocycles. The van der Waals surface area contributed by atoms with Crippen LogP contribution >= 0.6 is 15.9 Å². The van der Waals surface area contributed by atoms with Crippen molar-refractivity contribution in [3.05, 3.63) is 28.8 Å². The van der Waals surface area contributed by atoms with Gasteiger partial charge in [-0.1, -0.05) is 6.92 Å². The third-order valence-electron chi connectivity index (χ3n) is 3.64. The summed E-state index contributed by atoms with van der Waals surface area (Å²) in [5.74, 6) is -5.20. The van der Waals surface area contributed by atoms with E-state index >= 15 is 0 Å². The number of imidazole rings is 1. The van der Waals surface area contributed by atoms with E-state index < -0.39 is 28.5 Å². The zero-order valence-electron chi connectivity index (χ0n) is 13.5. The molecule has 0 aliphatic rings. The maximum absolute atomic E-state index is 13.3. The number of rotatable bonds is 5. The zero-order valence-corrected chi connectivity index (χ0v) is 15.9. The van der Waals surface area contributed by atoms with E-state index in [0.717, 1.165) is 6.33 Å². The predicted molar refractivity (Wildman–Crippen MR) is 86.6 cm³/mol.